The number of hydrogen-bond donors (Lipinski definition) is 3. The first-order valence-corrected chi connectivity index (χ1v) is 9.14. The van der Waals surface area contributed by atoms with Crippen molar-refractivity contribution in [2.45, 2.75) is 25.3 Å². The molecular weight excluding hydrogens is 358 g/mol. The van der Waals surface area contributed by atoms with E-state index < -0.39 is 17.7 Å². The number of benzene rings is 1. The fourth-order valence-corrected chi connectivity index (χ4v) is 3.38. The van der Waals surface area contributed by atoms with Crippen LogP contribution in [-0.2, 0) is 9.59 Å². The first-order valence-electron chi connectivity index (χ1n) is 9.14. The summed E-state index contributed by atoms with van der Waals surface area (Å²) in [6.07, 6.45) is 5.30. The minimum atomic E-state index is -0.764. The van der Waals surface area contributed by atoms with Crippen LogP contribution in [0.1, 0.15) is 41.2 Å². The van der Waals surface area contributed by atoms with Crippen molar-refractivity contribution in [3.05, 3.63) is 53.9 Å². The Bertz CT molecular complexity index is 899. The van der Waals surface area contributed by atoms with Gasteiger partial charge in [0.2, 0.25) is 5.91 Å². The first-order chi connectivity index (χ1) is 13.5. The van der Waals surface area contributed by atoms with Crippen LogP contribution in [0.15, 0.2) is 42.7 Å². The molecule has 1 fully saturated rings. The molecule has 0 bridgehead atoms. The fourth-order valence-electron chi connectivity index (χ4n) is 3.38. The number of nitrogens with two attached hydrogens (primary N) is 1. The topological polar surface area (TPSA) is 117 Å². The van der Waals surface area contributed by atoms with Gasteiger partial charge in [-0.1, -0.05) is 12.1 Å². The minimum Gasteiger partial charge on any atom is -0.388 e. The molecule has 0 aliphatic carbocycles. The number of anilines is 2. The van der Waals surface area contributed by atoms with Gasteiger partial charge in [-0.05, 0) is 43.0 Å². The summed E-state index contributed by atoms with van der Waals surface area (Å²) in [4.78, 5) is 42.1. The Labute approximate surface area is 163 Å². The summed E-state index contributed by atoms with van der Waals surface area (Å²) in [6.45, 7) is 0.514. The molecule has 1 aromatic heterocycles. The van der Waals surface area contributed by atoms with Gasteiger partial charge in [-0.15, -0.1) is 0 Å². The SMILES string of the molecule is CNc1cccc([C@@H]2CCCCN2C(=O)C(=O)Nc2cncc(C(N)=O)c2)c1. The Morgan fingerprint density at radius 3 is 2.71 bits per heavy atom. The van der Waals surface area contributed by atoms with Crippen molar-refractivity contribution >= 4 is 29.1 Å². The first kappa shape index (κ1) is 19.3. The number of primary amides is 1. The number of hydrogen-bond acceptors (Lipinski definition) is 5. The van der Waals surface area contributed by atoms with Gasteiger partial charge in [-0.2, -0.15) is 0 Å². The highest BCUT2D eigenvalue weighted by Crippen LogP contribution is 2.32. The molecule has 0 unspecified atom stereocenters. The molecular formula is C20H23N5O3. The van der Waals surface area contributed by atoms with E-state index in [0.717, 1.165) is 30.5 Å². The molecule has 146 valence electrons. The molecule has 0 saturated carbocycles. The number of nitrogens with zero attached hydrogens (tertiary/aromatic N) is 2. The van der Waals surface area contributed by atoms with Gasteiger partial charge in [0.25, 0.3) is 0 Å². The predicted octanol–water partition coefficient (Wildman–Crippen LogP) is 1.91. The highest BCUT2D eigenvalue weighted by Gasteiger charge is 2.32. The standard InChI is InChI=1S/C20H23N5O3/c1-22-15-6-4-5-13(9-15)17-7-2-3-8-25(17)20(28)19(27)24-16-10-14(18(21)26)11-23-12-16/h4-6,9-12,17,22H,2-3,7-8H2,1H3,(H2,21,26)(H,24,27)/t17-/m0/s1. The Morgan fingerprint density at radius 2 is 1.96 bits per heavy atom. The maximum absolute atomic E-state index is 12.8. The summed E-state index contributed by atoms with van der Waals surface area (Å²) in [6, 6.07) is 9.08. The zero-order chi connectivity index (χ0) is 20.1. The van der Waals surface area contributed by atoms with Gasteiger partial charge in [0.15, 0.2) is 0 Å². The van der Waals surface area contributed by atoms with Crippen LogP contribution in [0, 0.1) is 0 Å². The van der Waals surface area contributed by atoms with Crippen LogP contribution >= 0.6 is 0 Å². The molecule has 1 atom stereocenters. The van der Waals surface area contributed by atoms with Gasteiger partial charge in [-0.25, -0.2) is 0 Å². The van der Waals surface area contributed by atoms with Gasteiger partial charge in [0.1, 0.15) is 0 Å². The van der Waals surface area contributed by atoms with E-state index in [1.54, 1.807) is 4.90 Å². The number of carbonyl (C=O) groups excluding carboxylic acids is 3. The lowest BCUT2D eigenvalue weighted by Gasteiger charge is -2.35. The summed E-state index contributed by atoms with van der Waals surface area (Å²) in [7, 11) is 1.84. The number of amides is 3. The molecule has 0 radical (unpaired) electrons. The monoisotopic (exact) mass is 381 g/mol. The second-order valence-corrected chi connectivity index (χ2v) is 6.67. The molecule has 4 N–H and O–H groups in total. The zero-order valence-corrected chi connectivity index (χ0v) is 15.6. The Morgan fingerprint density at radius 1 is 1.14 bits per heavy atom. The number of carbonyl (C=O) groups is 3. The molecule has 8 nitrogen and oxygen atoms in total. The summed E-state index contributed by atoms with van der Waals surface area (Å²) in [5, 5.41) is 5.61. The Hall–Kier alpha value is -3.42. The lowest BCUT2D eigenvalue weighted by Crippen LogP contribution is -2.44. The van der Waals surface area contributed by atoms with Crippen molar-refractivity contribution in [1.29, 1.82) is 0 Å². The van der Waals surface area contributed by atoms with Crippen LogP contribution in [0.4, 0.5) is 11.4 Å². The molecule has 1 aromatic carbocycles. The molecule has 1 saturated heterocycles. The summed E-state index contributed by atoms with van der Waals surface area (Å²) < 4.78 is 0. The van der Waals surface area contributed by atoms with E-state index in [9.17, 15) is 14.4 Å². The van der Waals surface area contributed by atoms with Gasteiger partial charge in [0, 0.05) is 25.5 Å². The van der Waals surface area contributed by atoms with Crippen molar-refractivity contribution in [3.8, 4) is 0 Å². The third-order valence-electron chi connectivity index (χ3n) is 4.80. The van der Waals surface area contributed by atoms with Crippen LogP contribution < -0.4 is 16.4 Å². The fraction of sp³-hybridized carbons (Fsp3) is 0.300. The maximum atomic E-state index is 12.8. The van der Waals surface area contributed by atoms with Crippen LogP contribution in [0.2, 0.25) is 0 Å². The van der Waals surface area contributed by atoms with Gasteiger partial charge in [0.05, 0.1) is 23.5 Å². The largest absolute Gasteiger partial charge is 0.388 e. The summed E-state index contributed by atoms with van der Waals surface area (Å²) >= 11 is 0. The summed E-state index contributed by atoms with van der Waals surface area (Å²) in [5.41, 5.74) is 7.58. The molecule has 1 aliphatic rings. The molecule has 2 heterocycles. The average Bonchev–Trinajstić information content (AvgIpc) is 2.73. The molecule has 3 rings (SSSR count). The van der Waals surface area contributed by atoms with Gasteiger partial charge >= 0.3 is 11.8 Å². The Balaban J connectivity index is 1.77. The molecule has 1 aliphatic heterocycles. The average molecular weight is 381 g/mol. The summed E-state index contributed by atoms with van der Waals surface area (Å²) in [5.74, 6) is -2.03. The van der Waals surface area contributed by atoms with Crippen LogP contribution in [0.3, 0.4) is 0 Å². The molecule has 3 amide bonds. The third-order valence-corrected chi connectivity index (χ3v) is 4.80. The zero-order valence-electron chi connectivity index (χ0n) is 15.6. The van der Waals surface area contributed by atoms with E-state index in [4.69, 9.17) is 5.73 Å². The molecule has 8 heteroatoms. The molecule has 0 spiro atoms. The quantitative estimate of drug-likeness (QED) is 0.700. The minimum absolute atomic E-state index is 0.157. The number of aromatic nitrogens is 1. The normalized spacial score (nSPS) is 16.3. The molecule has 2 aromatic rings. The molecule has 28 heavy (non-hydrogen) atoms. The highest BCUT2D eigenvalue weighted by atomic mass is 16.2. The smallest absolute Gasteiger partial charge is 0.313 e. The van der Waals surface area contributed by atoms with E-state index in [1.807, 2.05) is 31.3 Å². The van der Waals surface area contributed by atoms with E-state index in [1.165, 1.54) is 18.5 Å². The lowest BCUT2D eigenvalue weighted by molar-refractivity contribution is -0.145. The van der Waals surface area contributed by atoms with E-state index in [2.05, 4.69) is 15.6 Å². The number of nitrogens with one attached hydrogen (secondary N) is 2. The number of rotatable bonds is 4. The van der Waals surface area contributed by atoms with Crippen molar-refractivity contribution in [1.82, 2.24) is 9.88 Å². The van der Waals surface area contributed by atoms with Crippen molar-refractivity contribution < 1.29 is 14.4 Å². The van der Waals surface area contributed by atoms with Crippen LogP contribution in [0.5, 0.6) is 0 Å². The maximum Gasteiger partial charge on any atom is 0.313 e. The number of likely N-dealkylation sites (tertiary alicyclic amines) is 1. The van der Waals surface area contributed by atoms with Crippen molar-refractivity contribution in [3.63, 3.8) is 0 Å². The number of pyridine rings is 1. The van der Waals surface area contributed by atoms with Crippen molar-refractivity contribution in [2.24, 2.45) is 5.73 Å². The second-order valence-electron chi connectivity index (χ2n) is 6.67. The van der Waals surface area contributed by atoms with E-state index in [-0.39, 0.29) is 17.3 Å². The van der Waals surface area contributed by atoms with Gasteiger partial charge < -0.3 is 21.3 Å². The highest BCUT2D eigenvalue weighted by molar-refractivity contribution is 6.39. The van der Waals surface area contributed by atoms with Crippen LogP contribution in [-0.4, -0.2) is 41.2 Å². The second kappa shape index (κ2) is 8.51. The Kier molecular flexibility index (Phi) is 5.88. The van der Waals surface area contributed by atoms with Crippen molar-refractivity contribution in [2.75, 3.05) is 24.2 Å². The third kappa shape index (κ3) is 4.28. The predicted molar refractivity (Wildman–Crippen MR) is 106 cm³/mol. The van der Waals surface area contributed by atoms with E-state index >= 15 is 0 Å². The number of piperidine rings is 1. The van der Waals surface area contributed by atoms with E-state index in [0.29, 0.717) is 6.54 Å². The lowest BCUT2D eigenvalue weighted by atomic mass is 9.94. The van der Waals surface area contributed by atoms with Crippen LogP contribution in [0.25, 0.3) is 0 Å². The van der Waals surface area contributed by atoms with Gasteiger partial charge in [-0.3, -0.25) is 19.4 Å².